The van der Waals surface area contributed by atoms with Crippen LogP contribution in [-0.4, -0.2) is 47.5 Å². The van der Waals surface area contributed by atoms with E-state index in [2.05, 4.69) is 98.0 Å². The zero-order valence-corrected chi connectivity index (χ0v) is 25.0. The maximum Gasteiger partial charge on any atom is 0.120 e. The SMILES string of the molecule is Cc1cc(-c2cccc(SN(C)CC(O)CNC(C)(C)CC3Cc4ccccc4C3)c2)cc(C)c1CCC=O. The van der Waals surface area contributed by atoms with Crippen LogP contribution in [-0.2, 0) is 24.1 Å². The number of aliphatic hydroxyl groups excluding tert-OH is 1. The first-order valence-electron chi connectivity index (χ1n) is 14.2. The Morgan fingerprint density at radius 2 is 1.69 bits per heavy atom. The maximum absolute atomic E-state index is 10.8. The first-order chi connectivity index (χ1) is 18.6. The van der Waals surface area contributed by atoms with Gasteiger partial charge in [-0.15, -0.1) is 0 Å². The quantitative estimate of drug-likeness (QED) is 0.188. The fraction of sp³-hybridized carbons (Fsp3) is 0.441. The van der Waals surface area contributed by atoms with Crippen LogP contribution in [0.25, 0.3) is 11.1 Å². The van der Waals surface area contributed by atoms with Gasteiger partial charge in [0.1, 0.15) is 6.29 Å². The summed E-state index contributed by atoms with van der Waals surface area (Å²) < 4.78 is 2.12. The number of carbonyl (C=O) groups excluding carboxylic acids is 1. The molecule has 1 aliphatic carbocycles. The molecule has 0 radical (unpaired) electrons. The largest absolute Gasteiger partial charge is 0.390 e. The number of benzene rings is 3. The topological polar surface area (TPSA) is 52.6 Å². The van der Waals surface area contributed by atoms with Crippen molar-refractivity contribution in [1.29, 1.82) is 0 Å². The number of nitrogens with one attached hydrogen (secondary N) is 1. The number of hydrogen-bond donors (Lipinski definition) is 2. The van der Waals surface area contributed by atoms with Crippen LogP contribution in [0.3, 0.4) is 0 Å². The van der Waals surface area contributed by atoms with E-state index in [1.807, 2.05) is 7.05 Å². The second-order valence-electron chi connectivity index (χ2n) is 11.9. The molecule has 0 saturated heterocycles. The molecule has 3 aromatic rings. The number of aldehydes is 1. The van der Waals surface area contributed by atoms with Crippen molar-refractivity contribution in [2.45, 2.75) is 76.3 Å². The monoisotopic (exact) mass is 544 g/mol. The van der Waals surface area contributed by atoms with E-state index >= 15 is 0 Å². The lowest BCUT2D eigenvalue weighted by atomic mass is 9.88. The van der Waals surface area contributed by atoms with Gasteiger partial charge in [0.05, 0.1) is 6.10 Å². The maximum atomic E-state index is 10.8. The minimum Gasteiger partial charge on any atom is -0.390 e. The van der Waals surface area contributed by atoms with Gasteiger partial charge >= 0.3 is 0 Å². The van der Waals surface area contributed by atoms with Gasteiger partial charge < -0.3 is 15.2 Å². The average molecular weight is 545 g/mol. The van der Waals surface area contributed by atoms with E-state index in [1.54, 1.807) is 11.9 Å². The van der Waals surface area contributed by atoms with Gasteiger partial charge in [0.25, 0.3) is 0 Å². The summed E-state index contributed by atoms with van der Waals surface area (Å²) in [5, 5.41) is 14.4. The van der Waals surface area contributed by atoms with E-state index in [1.165, 1.54) is 38.9 Å². The number of aryl methyl sites for hydroxylation is 2. The molecule has 1 aliphatic rings. The third-order valence-electron chi connectivity index (χ3n) is 7.86. The predicted octanol–water partition coefficient (Wildman–Crippen LogP) is 6.58. The van der Waals surface area contributed by atoms with E-state index in [-0.39, 0.29) is 5.54 Å². The Bertz CT molecular complexity index is 1220. The minimum atomic E-state index is -0.449. The molecule has 39 heavy (non-hydrogen) atoms. The van der Waals surface area contributed by atoms with E-state index in [0.29, 0.717) is 25.4 Å². The highest BCUT2D eigenvalue weighted by Crippen LogP contribution is 2.32. The smallest absolute Gasteiger partial charge is 0.120 e. The minimum absolute atomic E-state index is 0.0210. The highest BCUT2D eigenvalue weighted by molar-refractivity contribution is 7.97. The van der Waals surface area contributed by atoms with Crippen molar-refractivity contribution in [3.05, 3.63) is 88.5 Å². The molecule has 0 amide bonds. The number of likely N-dealkylation sites (N-methyl/N-ethyl adjacent to an activating group) is 1. The molecule has 0 aromatic heterocycles. The lowest BCUT2D eigenvalue weighted by Crippen LogP contribution is -2.46. The molecular weight excluding hydrogens is 500 g/mol. The molecule has 0 spiro atoms. The number of fused-ring (bicyclic) bond motifs is 1. The van der Waals surface area contributed by atoms with Crippen LogP contribution in [0.1, 0.15) is 54.5 Å². The zero-order valence-electron chi connectivity index (χ0n) is 24.2. The molecule has 0 heterocycles. The molecule has 3 aromatic carbocycles. The van der Waals surface area contributed by atoms with Crippen LogP contribution in [0.5, 0.6) is 0 Å². The van der Waals surface area contributed by atoms with Crippen molar-refractivity contribution in [2.24, 2.45) is 5.92 Å². The van der Waals surface area contributed by atoms with Gasteiger partial charge in [-0.1, -0.05) is 48.5 Å². The molecule has 4 nitrogen and oxygen atoms in total. The molecular formula is C34H44N2O2S. The number of hydrogen-bond acceptors (Lipinski definition) is 5. The van der Waals surface area contributed by atoms with Crippen molar-refractivity contribution < 1.29 is 9.90 Å². The van der Waals surface area contributed by atoms with Crippen LogP contribution < -0.4 is 5.32 Å². The Kier molecular flexibility index (Phi) is 10.1. The summed E-state index contributed by atoms with van der Waals surface area (Å²) >= 11 is 1.66. The highest BCUT2D eigenvalue weighted by atomic mass is 32.2. The van der Waals surface area contributed by atoms with Gasteiger partial charge in [-0.3, -0.25) is 0 Å². The van der Waals surface area contributed by atoms with E-state index < -0.39 is 6.10 Å². The van der Waals surface area contributed by atoms with Crippen molar-refractivity contribution in [1.82, 2.24) is 9.62 Å². The lowest BCUT2D eigenvalue weighted by Gasteiger charge is -2.31. The number of rotatable bonds is 13. The Balaban J connectivity index is 1.27. The van der Waals surface area contributed by atoms with Gasteiger partial charge in [0.15, 0.2) is 0 Å². The number of β-amino-alcohol motifs (C(OH)–C–C–N with tert-alkyl or cyclic N) is 1. The summed E-state index contributed by atoms with van der Waals surface area (Å²) in [5.41, 5.74) is 9.09. The van der Waals surface area contributed by atoms with Gasteiger partial charge in [0, 0.05) is 29.9 Å². The van der Waals surface area contributed by atoms with Crippen molar-refractivity contribution in [2.75, 3.05) is 20.1 Å². The standard InChI is InChI=1S/C34H44N2O2S/c1-24-16-30(17-25(2)33(24)14-9-15-37)29-12-8-13-32(20-29)39-36(5)23-31(38)22-35-34(3,4)21-26-18-27-10-6-7-11-28(27)19-26/h6-8,10-13,15-17,20,26,31,35,38H,9,14,18-19,21-23H2,1-5H3. The Morgan fingerprint density at radius 3 is 2.33 bits per heavy atom. The van der Waals surface area contributed by atoms with Crippen LogP contribution >= 0.6 is 11.9 Å². The van der Waals surface area contributed by atoms with Gasteiger partial charge in [-0.05, 0) is 129 Å². The molecule has 0 saturated carbocycles. The molecule has 0 fully saturated rings. The number of nitrogens with zero attached hydrogens (tertiary/aromatic N) is 1. The van der Waals surface area contributed by atoms with Crippen molar-refractivity contribution in [3.8, 4) is 11.1 Å². The molecule has 4 rings (SSSR count). The van der Waals surface area contributed by atoms with Crippen molar-refractivity contribution in [3.63, 3.8) is 0 Å². The Morgan fingerprint density at radius 1 is 1.03 bits per heavy atom. The summed E-state index contributed by atoms with van der Waals surface area (Å²) in [6.45, 7) is 9.93. The summed E-state index contributed by atoms with van der Waals surface area (Å²) in [7, 11) is 2.04. The van der Waals surface area contributed by atoms with Crippen molar-refractivity contribution >= 4 is 18.2 Å². The zero-order chi connectivity index (χ0) is 28.0. The molecule has 1 atom stereocenters. The first-order valence-corrected chi connectivity index (χ1v) is 14.9. The van der Waals surface area contributed by atoms with Gasteiger partial charge in [-0.2, -0.15) is 0 Å². The predicted molar refractivity (Wildman–Crippen MR) is 164 cm³/mol. The fourth-order valence-electron chi connectivity index (χ4n) is 6.05. The molecule has 208 valence electrons. The fourth-order valence-corrected chi connectivity index (χ4v) is 6.98. The summed E-state index contributed by atoms with van der Waals surface area (Å²) in [4.78, 5) is 12.0. The summed E-state index contributed by atoms with van der Waals surface area (Å²) in [6, 6.07) is 21.8. The lowest BCUT2D eigenvalue weighted by molar-refractivity contribution is -0.107. The van der Waals surface area contributed by atoms with Crippen LogP contribution in [0.15, 0.2) is 65.6 Å². The molecule has 1 unspecified atom stereocenters. The number of carbonyl (C=O) groups is 1. The van der Waals surface area contributed by atoms with Crippen LogP contribution in [0.2, 0.25) is 0 Å². The third kappa shape index (κ3) is 8.28. The second-order valence-corrected chi connectivity index (χ2v) is 13.2. The summed E-state index contributed by atoms with van der Waals surface area (Å²) in [5.74, 6) is 0.660. The number of aliphatic hydroxyl groups is 1. The van der Waals surface area contributed by atoms with E-state index in [9.17, 15) is 9.90 Å². The molecule has 0 aliphatic heterocycles. The van der Waals surface area contributed by atoms with E-state index in [0.717, 1.165) is 36.9 Å². The van der Waals surface area contributed by atoms with E-state index in [4.69, 9.17) is 0 Å². The summed E-state index contributed by atoms with van der Waals surface area (Å²) in [6.07, 6.45) is 5.32. The highest BCUT2D eigenvalue weighted by Gasteiger charge is 2.28. The third-order valence-corrected chi connectivity index (χ3v) is 8.78. The van der Waals surface area contributed by atoms with Crippen LogP contribution in [0, 0.1) is 19.8 Å². The first kappa shape index (κ1) is 29.5. The molecule has 5 heteroatoms. The Labute approximate surface area is 239 Å². The normalized spacial score (nSPS) is 14.5. The molecule has 2 N–H and O–H groups in total. The molecule has 0 bridgehead atoms. The second kappa shape index (κ2) is 13.3. The average Bonchev–Trinajstić information content (AvgIpc) is 3.28. The van der Waals surface area contributed by atoms with Crippen LogP contribution in [0.4, 0.5) is 0 Å². The Hall–Kier alpha value is -2.44. The van der Waals surface area contributed by atoms with Gasteiger partial charge in [0.2, 0.25) is 0 Å². The van der Waals surface area contributed by atoms with Gasteiger partial charge in [-0.25, -0.2) is 4.31 Å².